The number of nitrogens with one attached hydrogen (secondary N) is 2. The van der Waals surface area contributed by atoms with E-state index in [0.29, 0.717) is 5.82 Å². The number of Topliss-reactive ketones (excluding diaryl/α,β-unsaturated/α-hetero) is 2. The standard InChI is InChI=1S/C15H9ClF3N3O2/c1-6-20-11-12(21-6)14(24)10(9(16)13(11)23)22-8-4-2-7(3-5-8)15(17,18)19/h2-5,22H,1H3,(H,20,21). The second-order valence-corrected chi connectivity index (χ2v) is 5.47. The smallest absolute Gasteiger partial charge is 0.351 e. The maximum atomic E-state index is 12.6. The Kier molecular flexibility index (Phi) is 3.71. The van der Waals surface area contributed by atoms with Gasteiger partial charge in [0.15, 0.2) is 0 Å². The fourth-order valence-electron chi connectivity index (χ4n) is 2.26. The molecule has 0 amide bonds. The van der Waals surface area contributed by atoms with Crippen molar-refractivity contribution in [1.82, 2.24) is 9.97 Å². The number of anilines is 1. The van der Waals surface area contributed by atoms with Crippen LogP contribution in [-0.2, 0) is 6.18 Å². The van der Waals surface area contributed by atoms with Crippen LogP contribution >= 0.6 is 11.6 Å². The zero-order valence-corrected chi connectivity index (χ0v) is 12.8. The number of fused-ring (bicyclic) bond motifs is 1. The van der Waals surface area contributed by atoms with Gasteiger partial charge in [0.05, 0.1) is 5.56 Å². The van der Waals surface area contributed by atoms with E-state index in [2.05, 4.69) is 15.3 Å². The molecular weight excluding hydrogens is 347 g/mol. The minimum atomic E-state index is -4.46. The van der Waals surface area contributed by atoms with Gasteiger partial charge in [0.2, 0.25) is 11.6 Å². The van der Waals surface area contributed by atoms with Crippen molar-refractivity contribution in [1.29, 1.82) is 0 Å². The fourth-order valence-corrected chi connectivity index (χ4v) is 2.49. The Morgan fingerprint density at radius 3 is 2.33 bits per heavy atom. The van der Waals surface area contributed by atoms with Gasteiger partial charge in [-0.25, -0.2) is 4.98 Å². The van der Waals surface area contributed by atoms with E-state index in [1.54, 1.807) is 6.92 Å². The number of rotatable bonds is 2. The Balaban J connectivity index is 1.93. The number of hydrogen-bond acceptors (Lipinski definition) is 4. The monoisotopic (exact) mass is 355 g/mol. The largest absolute Gasteiger partial charge is 0.416 e. The van der Waals surface area contributed by atoms with Gasteiger partial charge in [0, 0.05) is 5.69 Å². The Labute approximate surface area is 138 Å². The molecule has 0 saturated heterocycles. The molecular formula is C15H9ClF3N3O2. The third-order valence-corrected chi connectivity index (χ3v) is 3.75. The third kappa shape index (κ3) is 2.69. The number of aryl methyl sites for hydroxylation is 1. The summed E-state index contributed by atoms with van der Waals surface area (Å²) in [4.78, 5) is 31.2. The highest BCUT2D eigenvalue weighted by Gasteiger charge is 2.35. The molecule has 0 aliphatic heterocycles. The molecule has 0 unspecified atom stereocenters. The molecule has 1 heterocycles. The van der Waals surface area contributed by atoms with E-state index in [-0.39, 0.29) is 27.8 Å². The zero-order chi connectivity index (χ0) is 17.6. The van der Waals surface area contributed by atoms with E-state index < -0.39 is 23.3 Å². The molecule has 0 atom stereocenters. The van der Waals surface area contributed by atoms with E-state index in [9.17, 15) is 22.8 Å². The molecule has 9 heteroatoms. The average Bonchev–Trinajstić information content (AvgIpc) is 2.91. The number of alkyl halides is 3. The van der Waals surface area contributed by atoms with E-state index >= 15 is 0 Å². The van der Waals surface area contributed by atoms with Crippen LogP contribution in [0.5, 0.6) is 0 Å². The lowest BCUT2D eigenvalue weighted by Crippen LogP contribution is -2.24. The second kappa shape index (κ2) is 5.48. The minimum Gasteiger partial charge on any atom is -0.351 e. The van der Waals surface area contributed by atoms with Crippen LogP contribution in [0.25, 0.3) is 0 Å². The highest BCUT2D eigenvalue weighted by molar-refractivity contribution is 6.49. The van der Waals surface area contributed by atoms with Crippen molar-refractivity contribution in [3.8, 4) is 0 Å². The van der Waals surface area contributed by atoms with Gasteiger partial charge < -0.3 is 10.3 Å². The Bertz CT molecular complexity index is 882. The fraction of sp³-hybridized carbons (Fsp3) is 0.133. The van der Waals surface area contributed by atoms with Crippen molar-refractivity contribution in [3.63, 3.8) is 0 Å². The number of imidazole rings is 1. The highest BCUT2D eigenvalue weighted by Crippen LogP contribution is 2.31. The summed E-state index contributed by atoms with van der Waals surface area (Å²) in [5.41, 5.74) is -0.936. The Hall–Kier alpha value is -2.61. The topological polar surface area (TPSA) is 74.8 Å². The summed E-state index contributed by atoms with van der Waals surface area (Å²) in [6, 6.07) is 4.00. The summed E-state index contributed by atoms with van der Waals surface area (Å²) < 4.78 is 37.7. The van der Waals surface area contributed by atoms with Gasteiger partial charge in [0.1, 0.15) is 27.9 Å². The lowest BCUT2D eigenvalue weighted by atomic mass is 10.0. The molecule has 0 saturated carbocycles. The summed E-state index contributed by atoms with van der Waals surface area (Å²) in [6.45, 7) is 1.58. The summed E-state index contributed by atoms with van der Waals surface area (Å²) in [6.07, 6.45) is -4.46. The predicted octanol–water partition coefficient (Wildman–Crippen LogP) is 3.68. The van der Waals surface area contributed by atoms with Crippen LogP contribution in [-0.4, -0.2) is 21.5 Å². The van der Waals surface area contributed by atoms with Crippen molar-refractivity contribution in [2.24, 2.45) is 0 Å². The van der Waals surface area contributed by atoms with Crippen LogP contribution in [0.3, 0.4) is 0 Å². The van der Waals surface area contributed by atoms with Gasteiger partial charge in [0.25, 0.3) is 0 Å². The van der Waals surface area contributed by atoms with E-state index in [1.807, 2.05) is 0 Å². The molecule has 24 heavy (non-hydrogen) atoms. The van der Waals surface area contributed by atoms with Crippen molar-refractivity contribution >= 4 is 28.9 Å². The van der Waals surface area contributed by atoms with Crippen molar-refractivity contribution in [2.75, 3.05) is 5.32 Å². The number of benzene rings is 1. The minimum absolute atomic E-state index is 0.000435. The first-order chi connectivity index (χ1) is 11.2. The number of carbonyl (C=O) groups is 2. The van der Waals surface area contributed by atoms with E-state index in [4.69, 9.17) is 11.6 Å². The highest BCUT2D eigenvalue weighted by atomic mass is 35.5. The number of aromatic nitrogens is 2. The molecule has 1 aliphatic carbocycles. The lowest BCUT2D eigenvalue weighted by Gasteiger charge is -2.16. The molecule has 124 valence electrons. The molecule has 1 aliphatic rings. The van der Waals surface area contributed by atoms with Gasteiger partial charge in [-0.2, -0.15) is 13.2 Å². The van der Waals surface area contributed by atoms with E-state index in [0.717, 1.165) is 24.3 Å². The number of H-pyrrole nitrogens is 1. The lowest BCUT2D eigenvalue weighted by molar-refractivity contribution is -0.137. The normalized spacial score (nSPS) is 14.9. The number of carbonyl (C=O) groups excluding carboxylic acids is 2. The van der Waals surface area contributed by atoms with Crippen molar-refractivity contribution in [2.45, 2.75) is 13.1 Å². The van der Waals surface area contributed by atoms with Gasteiger partial charge in [-0.1, -0.05) is 11.6 Å². The molecule has 0 spiro atoms. The quantitative estimate of drug-likeness (QED) is 0.861. The maximum Gasteiger partial charge on any atom is 0.416 e. The molecule has 2 aromatic rings. The third-order valence-electron chi connectivity index (χ3n) is 3.39. The molecule has 0 fully saturated rings. The van der Waals surface area contributed by atoms with Crippen molar-refractivity contribution in [3.05, 3.63) is 57.8 Å². The van der Waals surface area contributed by atoms with Crippen LogP contribution in [0.15, 0.2) is 35.0 Å². The number of ketones is 2. The zero-order valence-electron chi connectivity index (χ0n) is 12.1. The van der Waals surface area contributed by atoms with Crippen LogP contribution in [0.1, 0.15) is 32.4 Å². The Morgan fingerprint density at radius 1 is 1.12 bits per heavy atom. The predicted molar refractivity (Wildman–Crippen MR) is 79.9 cm³/mol. The van der Waals surface area contributed by atoms with Crippen LogP contribution in [0.2, 0.25) is 0 Å². The van der Waals surface area contributed by atoms with E-state index in [1.165, 1.54) is 0 Å². The number of hydrogen-bond donors (Lipinski definition) is 2. The van der Waals surface area contributed by atoms with Gasteiger partial charge in [-0.05, 0) is 31.2 Å². The van der Waals surface area contributed by atoms with Crippen LogP contribution in [0.4, 0.5) is 18.9 Å². The first-order valence-electron chi connectivity index (χ1n) is 6.68. The summed E-state index contributed by atoms with van der Waals surface area (Å²) in [7, 11) is 0. The molecule has 1 aromatic heterocycles. The molecule has 2 N–H and O–H groups in total. The summed E-state index contributed by atoms with van der Waals surface area (Å²) in [5.74, 6) is -0.845. The SMILES string of the molecule is Cc1nc2c([nH]1)C(=O)C(Cl)=C(Nc1ccc(C(F)(F)F)cc1)C2=O. The molecule has 3 rings (SSSR count). The maximum absolute atomic E-state index is 12.6. The number of allylic oxidation sites excluding steroid dienone is 2. The van der Waals surface area contributed by atoms with Gasteiger partial charge in [-0.15, -0.1) is 0 Å². The number of halogens is 4. The number of nitrogens with zero attached hydrogens (tertiary/aromatic N) is 1. The molecule has 0 radical (unpaired) electrons. The average molecular weight is 356 g/mol. The summed E-state index contributed by atoms with van der Waals surface area (Å²) >= 11 is 5.94. The Morgan fingerprint density at radius 2 is 1.75 bits per heavy atom. The number of aromatic amines is 1. The molecule has 5 nitrogen and oxygen atoms in total. The molecule has 0 bridgehead atoms. The van der Waals surface area contributed by atoms with Crippen LogP contribution < -0.4 is 5.32 Å². The summed E-state index contributed by atoms with van der Waals surface area (Å²) in [5, 5.41) is 2.24. The first kappa shape index (κ1) is 16.3. The van der Waals surface area contributed by atoms with Crippen LogP contribution in [0, 0.1) is 6.92 Å². The van der Waals surface area contributed by atoms with Crippen molar-refractivity contribution < 1.29 is 22.8 Å². The van der Waals surface area contributed by atoms with Gasteiger partial charge in [-0.3, -0.25) is 9.59 Å². The second-order valence-electron chi connectivity index (χ2n) is 5.09. The van der Waals surface area contributed by atoms with Gasteiger partial charge >= 0.3 is 6.18 Å². The first-order valence-corrected chi connectivity index (χ1v) is 7.06. The molecule has 1 aromatic carbocycles.